The van der Waals surface area contributed by atoms with Gasteiger partial charge in [-0.05, 0) is 0 Å². The molecule has 0 atom stereocenters. The Labute approximate surface area is 77.9 Å². The van der Waals surface area contributed by atoms with Crippen LogP contribution in [0, 0.1) is 0 Å². The van der Waals surface area contributed by atoms with Crippen molar-refractivity contribution in [2.75, 3.05) is 0 Å². The summed E-state index contributed by atoms with van der Waals surface area (Å²) >= 11 is 0. The van der Waals surface area contributed by atoms with E-state index in [2.05, 4.69) is 25.1 Å². The second-order valence-corrected chi connectivity index (χ2v) is 2.44. The zero-order valence-corrected chi connectivity index (χ0v) is 6.88. The maximum absolute atomic E-state index is 10.5. The molecule has 2 heterocycles. The Kier molecular flexibility index (Phi) is 1.90. The van der Waals surface area contributed by atoms with Gasteiger partial charge in [0, 0.05) is 0 Å². The average Bonchev–Trinajstić information content (AvgIpc) is 2.68. The summed E-state index contributed by atoms with van der Waals surface area (Å²) in [7, 11) is 0. The first-order valence-electron chi connectivity index (χ1n) is 3.69. The number of hydrogen-bond acceptors (Lipinski definition) is 5. The Morgan fingerprint density at radius 2 is 2.29 bits per heavy atom. The SMILES string of the molecule is O=C(O)c1ncc(-c2cncnn2)[nH]1. The molecule has 0 saturated heterocycles. The molecular weight excluding hydrogens is 186 g/mol. The van der Waals surface area contributed by atoms with Gasteiger partial charge in [0.2, 0.25) is 5.82 Å². The molecule has 2 aromatic heterocycles. The molecule has 7 nitrogen and oxygen atoms in total. The lowest BCUT2D eigenvalue weighted by atomic mass is 10.4. The zero-order valence-electron chi connectivity index (χ0n) is 6.88. The number of imidazole rings is 1. The number of carboxylic acids is 1. The fourth-order valence-corrected chi connectivity index (χ4v) is 0.931. The van der Waals surface area contributed by atoms with E-state index in [1.54, 1.807) is 0 Å². The highest BCUT2D eigenvalue weighted by Crippen LogP contribution is 2.10. The first kappa shape index (κ1) is 8.30. The molecule has 0 aliphatic rings. The number of aromatic carboxylic acids is 1. The summed E-state index contributed by atoms with van der Waals surface area (Å²) in [5.41, 5.74) is 0.926. The van der Waals surface area contributed by atoms with E-state index in [1.165, 1.54) is 18.7 Å². The maximum atomic E-state index is 10.5. The maximum Gasteiger partial charge on any atom is 0.371 e. The van der Waals surface area contributed by atoms with Crippen LogP contribution >= 0.6 is 0 Å². The van der Waals surface area contributed by atoms with Gasteiger partial charge in [-0.2, -0.15) is 0 Å². The number of carboxylic acid groups (broad SMARTS) is 1. The minimum atomic E-state index is -1.12. The molecule has 0 aliphatic heterocycles. The molecule has 0 amide bonds. The molecule has 0 aromatic carbocycles. The molecule has 0 unspecified atom stereocenters. The predicted octanol–water partition coefficient (Wildman–Crippen LogP) is -0.0401. The van der Waals surface area contributed by atoms with Gasteiger partial charge in [0.1, 0.15) is 12.0 Å². The van der Waals surface area contributed by atoms with Gasteiger partial charge in [0.15, 0.2) is 0 Å². The Morgan fingerprint density at radius 1 is 1.43 bits per heavy atom. The first-order chi connectivity index (χ1) is 6.77. The number of H-pyrrole nitrogens is 1. The second-order valence-electron chi connectivity index (χ2n) is 2.44. The lowest BCUT2D eigenvalue weighted by molar-refractivity contribution is 0.0685. The number of rotatable bonds is 2. The van der Waals surface area contributed by atoms with Crippen molar-refractivity contribution in [1.29, 1.82) is 0 Å². The molecule has 0 aliphatic carbocycles. The van der Waals surface area contributed by atoms with E-state index in [0.29, 0.717) is 11.4 Å². The summed E-state index contributed by atoms with van der Waals surface area (Å²) in [5, 5.41) is 15.9. The third-order valence-corrected chi connectivity index (χ3v) is 1.53. The van der Waals surface area contributed by atoms with Gasteiger partial charge in [-0.3, -0.25) is 0 Å². The largest absolute Gasteiger partial charge is 0.475 e. The van der Waals surface area contributed by atoms with Crippen LogP contribution in [0.3, 0.4) is 0 Å². The van der Waals surface area contributed by atoms with Gasteiger partial charge in [-0.15, -0.1) is 10.2 Å². The molecular formula is C7H5N5O2. The molecule has 0 saturated carbocycles. The summed E-state index contributed by atoms with van der Waals surface area (Å²) in [6.45, 7) is 0. The number of carbonyl (C=O) groups is 1. The quantitative estimate of drug-likeness (QED) is 0.690. The van der Waals surface area contributed by atoms with Crippen molar-refractivity contribution in [2.45, 2.75) is 0 Å². The molecule has 0 fully saturated rings. The third-order valence-electron chi connectivity index (χ3n) is 1.53. The Morgan fingerprint density at radius 3 is 2.86 bits per heavy atom. The second kappa shape index (κ2) is 3.21. The van der Waals surface area contributed by atoms with Crippen LogP contribution in [-0.4, -0.2) is 36.2 Å². The van der Waals surface area contributed by atoms with Gasteiger partial charge in [0.05, 0.1) is 18.1 Å². The van der Waals surface area contributed by atoms with E-state index in [-0.39, 0.29) is 5.82 Å². The van der Waals surface area contributed by atoms with Crippen LogP contribution < -0.4 is 0 Å². The van der Waals surface area contributed by atoms with Gasteiger partial charge in [-0.25, -0.2) is 14.8 Å². The van der Waals surface area contributed by atoms with E-state index in [0.717, 1.165) is 0 Å². The van der Waals surface area contributed by atoms with E-state index in [4.69, 9.17) is 5.11 Å². The van der Waals surface area contributed by atoms with E-state index in [9.17, 15) is 4.79 Å². The minimum Gasteiger partial charge on any atom is -0.475 e. The summed E-state index contributed by atoms with van der Waals surface area (Å²) in [6, 6.07) is 0. The topological polar surface area (TPSA) is 105 Å². The fraction of sp³-hybridized carbons (Fsp3) is 0. The highest BCUT2D eigenvalue weighted by Gasteiger charge is 2.09. The normalized spacial score (nSPS) is 10.0. The van der Waals surface area contributed by atoms with Crippen LogP contribution in [0.1, 0.15) is 10.6 Å². The van der Waals surface area contributed by atoms with Crippen LogP contribution in [0.4, 0.5) is 0 Å². The van der Waals surface area contributed by atoms with Crippen LogP contribution in [0.5, 0.6) is 0 Å². The number of hydrogen-bond donors (Lipinski definition) is 2. The van der Waals surface area contributed by atoms with Crippen LogP contribution in [-0.2, 0) is 0 Å². The van der Waals surface area contributed by atoms with E-state index >= 15 is 0 Å². The van der Waals surface area contributed by atoms with E-state index < -0.39 is 5.97 Å². The number of aromatic amines is 1. The highest BCUT2D eigenvalue weighted by molar-refractivity contribution is 5.84. The van der Waals surface area contributed by atoms with Crippen LogP contribution in [0.15, 0.2) is 18.7 Å². The van der Waals surface area contributed by atoms with Gasteiger partial charge < -0.3 is 10.1 Å². The monoisotopic (exact) mass is 191 g/mol. The zero-order chi connectivity index (χ0) is 9.97. The fourth-order valence-electron chi connectivity index (χ4n) is 0.931. The number of nitrogens with zero attached hydrogens (tertiary/aromatic N) is 4. The summed E-state index contributed by atoms with van der Waals surface area (Å²) < 4.78 is 0. The molecule has 2 aromatic rings. The summed E-state index contributed by atoms with van der Waals surface area (Å²) in [5.74, 6) is -1.25. The van der Waals surface area contributed by atoms with Crippen molar-refractivity contribution >= 4 is 5.97 Å². The molecule has 14 heavy (non-hydrogen) atoms. The molecule has 0 spiro atoms. The van der Waals surface area contributed by atoms with Gasteiger partial charge >= 0.3 is 5.97 Å². The molecule has 70 valence electrons. The smallest absolute Gasteiger partial charge is 0.371 e. The molecule has 2 N–H and O–H groups in total. The predicted molar refractivity (Wildman–Crippen MR) is 44.4 cm³/mol. The summed E-state index contributed by atoms with van der Waals surface area (Å²) in [6.07, 6.45) is 4.12. The van der Waals surface area contributed by atoms with Crippen molar-refractivity contribution in [3.63, 3.8) is 0 Å². The number of aromatic nitrogens is 5. The van der Waals surface area contributed by atoms with Crippen molar-refractivity contribution in [3.05, 3.63) is 24.5 Å². The standard InChI is InChI=1S/C7H5N5O2/c13-7(14)6-9-2-4(11-6)5-1-8-3-10-12-5/h1-3H,(H,9,11)(H,13,14). The molecule has 7 heteroatoms. The summed E-state index contributed by atoms with van der Waals surface area (Å²) in [4.78, 5) is 20.5. The Balaban J connectivity index is 2.39. The Bertz CT molecular complexity index is 452. The Hall–Kier alpha value is -2.31. The number of nitrogens with one attached hydrogen (secondary N) is 1. The van der Waals surface area contributed by atoms with Crippen molar-refractivity contribution < 1.29 is 9.90 Å². The van der Waals surface area contributed by atoms with Crippen molar-refractivity contribution in [1.82, 2.24) is 25.1 Å². The lowest BCUT2D eigenvalue weighted by Crippen LogP contribution is -1.98. The molecule has 2 rings (SSSR count). The third kappa shape index (κ3) is 1.42. The van der Waals surface area contributed by atoms with E-state index in [1.807, 2.05) is 0 Å². The minimum absolute atomic E-state index is 0.134. The average molecular weight is 191 g/mol. The van der Waals surface area contributed by atoms with Crippen molar-refractivity contribution in [3.8, 4) is 11.4 Å². The lowest BCUT2D eigenvalue weighted by Gasteiger charge is -1.91. The van der Waals surface area contributed by atoms with Gasteiger partial charge in [-0.1, -0.05) is 0 Å². The van der Waals surface area contributed by atoms with Crippen LogP contribution in [0.2, 0.25) is 0 Å². The van der Waals surface area contributed by atoms with Crippen molar-refractivity contribution in [2.24, 2.45) is 0 Å². The van der Waals surface area contributed by atoms with Gasteiger partial charge in [0.25, 0.3) is 0 Å². The molecule has 0 bridgehead atoms. The van der Waals surface area contributed by atoms with Crippen LogP contribution in [0.25, 0.3) is 11.4 Å². The highest BCUT2D eigenvalue weighted by atomic mass is 16.4. The first-order valence-corrected chi connectivity index (χ1v) is 3.69. The molecule has 0 radical (unpaired) electrons.